The topological polar surface area (TPSA) is 72.8 Å². The van der Waals surface area contributed by atoms with Gasteiger partial charge in [-0.2, -0.15) is 0 Å². The van der Waals surface area contributed by atoms with E-state index in [1.807, 2.05) is 44.2 Å². The number of rotatable bonds is 9. The molecule has 0 amide bonds. The lowest BCUT2D eigenvalue weighted by Crippen LogP contribution is -2.61. The molecule has 2 aromatic carbocycles. The summed E-state index contributed by atoms with van der Waals surface area (Å²) in [6.45, 7) is 8.59. The summed E-state index contributed by atoms with van der Waals surface area (Å²) < 4.78 is 32.7. The number of nitrogens with zero attached hydrogens (tertiary/aromatic N) is 3. The van der Waals surface area contributed by atoms with Gasteiger partial charge in [-0.1, -0.05) is 35.5 Å². The molecule has 2 saturated heterocycles. The third-order valence-electron chi connectivity index (χ3n) is 7.24. The Hall–Kier alpha value is -3.33. The van der Waals surface area contributed by atoms with Gasteiger partial charge in [0.05, 0.1) is 25.2 Å². The van der Waals surface area contributed by atoms with Crippen molar-refractivity contribution in [2.45, 2.75) is 51.4 Å². The smallest absolute Gasteiger partial charge is 0.293 e. The van der Waals surface area contributed by atoms with Crippen LogP contribution in [0.2, 0.25) is 0 Å². The second kappa shape index (κ2) is 11.0. The molecular formula is C28H34FN3O5. The summed E-state index contributed by atoms with van der Waals surface area (Å²) >= 11 is 0. The SMILES string of the molecule is CCOc1cc(-c2ccccc2)c(F)c(OCC)c1CN1CC2(CC(N3CCC(OC=O)CC3)=NO2)C1. The summed E-state index contributed by atoms with van der Waals surface area (Å²) in [6, 6.07) is 11.2. The Kier molecular flexibility index (Phi) is 7.50. The lowest BCUT2D eigenvalue weighted by atomic mass is 9.89. The number of oxime groups is 1. The first kappa shape index (κ1) is 25.3. The molecule has 8 nitrogen and oxygen atoms in total. The third kappa shape index (κ3) is 5.23. The lowest BCUT2D eigenvalue weighted by molar-refractivity contribution is -0.135. The molecule has 1 spiro atoms. The van der Waals surface area contributed by atoms with Crippen molar-refractivity contribution in [3.63, 3.8) is 0 Å². The fourth-order valence-corrected chi connectivity index (χ4v) is 5.48. The van der Waals surface area contributed by atoms with Crippen LogP contribution in [-0.4, -0.2) is 73.2 Å². The Morgan fingerprint density at radius 2 is 1.86 bits per heavy atom. The maximum atomic E-state index is 15.8. The molecule has 3 aliphatic heterocycles. The maximum absolute atomic E-state index is 15.8. The Balaban J connectivity index is 1.28. The average molecular weight is 512 g/mol. The molecule has 0 atom stereocenters. The number of halogens is 1. The Bertz CT molecular complexity index is 1130. The van der Waals surface area contributed by atoms with Crippen LogP contribution >= 0.6 is 0 Å². The van der Waals surface area contributed by atoms with Crippen molar-refractivity contribution in [2.24, 2.45) is 5.16 Å². The normalized spacial score (nSPS) is 19.2. The second-order valence-corrected chi connectivity index (χ2v) is 9.80. The van der Waals surface area contributed by atoms with E-state index in [4.69, 9.17) is 19.0 Å². The van der Waals surface area contributed by atoms with Gasteiger partial charge in [0.2, 0.25) is 0 Å². The minimum atomic E-state index is -0.369. The van der Waals surface area contributed by atoms with Crippen LogP contribution in [0.15, 0.2) is 41.6 Å². The molecule has 0 saturated carbocycles. The van der Waals surface area contributed by atoms with Crippen LogP contribution in [-0.2, 0) is 20.9 Å². The summed E-state index contributed by atoms with van der Waals surface area (Å²) in [5.74, 6) is 1.47. The molecule has 5 rings (SSSR count). The fourth-order valence-electron chi connectivity index (χ4n) is 5.48. The summed E-state index contributed by atoms with van der Waals surface area (Å²) in [6.07, 6.45) is 2.31. The summed E-state index contributed by atoms with van der Waals surface area (Å²) in [4.78, 5) is 21.0. The van der Waals surface area contributed by atoms with E-state index < -0.39 is 0 Å². The minimum absolute atomic E-state index is 0.0161. The molecule has 2 aromatic rings. The van der Waals surface area contributed by atoms with E-state index in [0.717, 1.165) is 43.8 Å². The van der Waals surface area contributed by atoms with E-state index >= 15 is 4.39 Å². The predicted octanol–water partition coefficient (Wildman–Crippen LogP) is 4.22. The predicted molar refractivity (Wildman–Crippen MR) is 137 cm³/mol. The number of likely N-dealkylation sites (tertiary alicyclic amines) is 2. The summed E-state index contributed by atoms with van der Waals surface area (Å²) in [7, 11) is 0. The molecule has 3 heterocycles. The van der Waals surface area contributed by atoms with Crippen molar-refractivity contribution in [3.05, 3.63) is 47.8 Å². The van der Waals surface area contributed by atoms with Crippen LogP contribution < -0.4 is 9.47 Å². The van der Waals surface area contributed by atoms with E-state index in [1.54, 1.807) is 6.07 Å². The van der Waals surface area contributed by atoms with Gasteiger partial charge in [0.25, 0.3) is 6.47 Å². The Morgan fingerprint density at radius 3 is 2.54 bits per heavy atom. The molecule has 37 heavy (non-hydrogen) atoms. The number of hydrogen-bond donors (Lipinski definition) is 0. The highest BCUT2D eigenvalue weighted by Gasteiger charge is 2.51. The van der Waals surface area contributed by atoms with Crippen molar-refractivity contribution >= 4 is 12.3 Å². The first-order valence-corrected chi connectivity index (χ1v) is 13.0. The van der Waals surface area contributed by atoms with E-state index in [9.17, 15) is 4.79 Å². The Labute approximate surface area is 216 Å². The standard InChI is InChI=1S/C28H34FN3O5/c1-3-34-24-14-22(20-8-6-5-7-9-20)26(29)27(35-4-2)23(24)16-31-17-28(18-31)15-25(30-37-28)32-12-10-21(11-13-32)36-19-33/h5-9,14,19,21H,3-4,10-13,15-18H2,1-2H3. The highest BCUT2D eigenvalue weighted by molar-refractivity contribution is 5.84. The van der Waals surface area contributed by atoms with Gasteiger partial charge in [0.15, 0.2) is 17.2 Å². The van der Waals surface area contributed by atoms with Crippen LogP contribution in [0, 0.1) is 5.82 Å². The van der Waals surface area contributed by atoms with Crippen molar-refractivity contribution in [2.75, 3.05) is 39.4 Å². The van der Waals surface area contributed by atoms with E-state index in [0.29, 0.717) is 56.2 Å². The first-order valence-electron chi connectivity index (χ1n) is 13.0. The van der Waals surface area contributed by atoms with Crippen LogP contribution in [0.4, 0.5) is 4.39 Å². The summed E-state index contributed by atoms with van der Waals surface area (Å²) in [5.41, 5.74) is 1.61. The number of hydrogen-bond acceptors (Lipinski definition) is 8. The van der Waals surface area contributed by atoms with Gasteiger partial charge in [0.1, 0.15) is 17.7 Å². The lowest BCUT2D eigenvalue weighted by Gasteiger charge is -2.45. The van der Waals surface area contributed by atoms with Crippen LogP contribution in [0.1, 0.15) is 38.7 Å². The zero-order chi connectivity index (χ0) is 25.8. The first-order chi connectivity index (χ1) is 18.1. The van der Waals surface area contributed by atoms with Crippen LogP contribution in [0.5, 0.6) is 11.5 Å². The van der Waals surface area contributed by atoms with E-state index in [1.165, 1.54) is 0 Å². The molecule has 9 heteroatoms. The van der Waals surface area contributed by atoms with Crippen molar-refractivity contribution in [3.8, 4) is 22.6 Å². The van der Waals surface area contributed by atoms with Gasteiger partial charge in [-0.3, -0.25) is 9.69 Å². The number of ether oxygens (including phenoxy) is 3. The van der Waals surface area contributed by atoms with Gasteiger partial charge < -0.3 is 23.9 Å². The quantitative estimate of drug-likeness (QED) is 0.467. The summed E-state index contributed by atoms with van der Waals surface area (Å²) in [5, 5.41) is 4.40. The molecule has 0 aliphatic carbocycles. The molecule has 0 bridgehead atoms. The maximum Gasteiger partial charge on any atom is 0.293 e. The minimum Gasteiger partial charge on any atom is -0.493 e. The van der Waals surface area contributed by atoms with Crippen LogP contribution in [0.25, 0.3) is 11.1 Å². The third-order valence-corrected chi connectivity index (χ3v) is 7.24. The molecule has 0 radical (unpaired) electrons. The van der Waals surface area contributed by atoms with Gasteiger partial charge in [-0.15, -0.1) is 0 Å². The molecule has 0 N–H and O–H groups in total. The van der Waals surface area contributed by atoms with Crippen LogP contribution in [0.3, 0.4) is 0 Å². The Morgan fingerprint density at radius 1 is 1.14 bits per heavy atom. The van der Waals surface area contributed by atoms with E-state index in [2.05, 4.69) is 15.0 Å². The monoisotopic (exact) mass is 511 g/mol. The zero-order valence-electron chi connectivity index (χ0n) is 21.5. The number of carbonyl (C=O) groups is 1. The highest BCUT2D eigenvalue weighted by Crippen LogP contribution is 2.42. The molecule has 198 valence electrons. The van der Waals surface area contributed by atoms with Gasteiger partial charge >= 0.3 is 0 Å². The largest absolute Gasteiger partial charge is 0.493 e. The average Bonchev–Trinajstić information content (AvgIpc) is 3.34. The van der Waals surface area contributed by atoms with Crippen molar-refractivity contribution < 1.29 is 28.2 Å². The zero-order valence-corrected chi connectivity index (χ0v) is 21.5. The number of carbonyl (C=O) groups excluding carboxylic acids is 1. The molecule has 2 fully saturated rings. The number of piperidine rings is 1. The highest BCUT2D eigenvalue weighted by atomic mass is 19.1. The van der Waals surface area contributed by atoms with Crippen molar-refractivity contribution in [1.29, 1.82) is 0 Å². The van der Waals surface area contributed by atoms with Gasteiger partial charge in [-0.05, 0) is 25.5 Å². The number of amidine groups is 1. The second-order valence-electron chi connectivity index (χ2n) is 9.80. The molecule has 0 unspecified atom stereocenters. The molecular weight excluding hydrogens is 477 g/mol. The van der Waals surface area contributed by atoms with Gasteiger partial charge in [0, 0.05) is 51.1 Å². The van der Waals surface area contributed by atoms with Gasteiger partial charge in [-0.25, -0.2) is 4.39 Å². The fraction of sp³-hybridized carbons (Fsp3) is 0.500. The molecule has 0 aromatic heterocycles. The molecule has 3 aliphatic rings. The number of benzene rings is 2. The van der Waals surface area contributed by atoms with E-state index in [-0.39, 0.29) is 23.3 Å². The van der Waals surface area contributed by atoms with Crippen molar-refractivity contribution in [1.82, 2.24) is 9.80 Å².